The third-order valence-electron chi connectivity index (χ3n) is 3.26. The van der Waals surface area contributed by atoms with Crippen molar-refractivity contribution < 1.29 is 9.90 Å². The standard InChI is InChI=1S/C14H22ClN3O2/c1-3-18(4-2)8-7-17-13(14(16)20)10-5-6-12(19)11(15)9-10/h5-6,9,13,17,19H,3-4,7-8H2,1-2H3,(H2,16,20). The van der Waals surface area contributed by atoms with E-state index in [4.69, 9.17) is 17.3 Å². The molecule has 4 N–H and O–H groups in total. The highest BCUT2D eigenvalue weighted by molar-refractivity contribution is 6.32. The molecule has 6 heteroatoms. The first-order valence-electron chi connectivity index (χ1n) is 6.73. The van der Waals surface area contributed by atoms with Crippen LogP contribution in [0.3, 0.4) is 0 Å². The third kappa shape index (κ3) is 4.67. The normalized spacial score (nSPS) is 12.6. The largest absolute Gasteiger partial charge is 0.506 e. The van der Waals surface area contributed by atoms with E-state index in [-0.39, 0.29) is 10.8 Å². The van der Waals surface area contributed by atoms with Crippen molar-refractivity contribution in [3.8, 4) is 5.75 Å². The summed E-state index contributed by atoms with van der Waals surface area (Å²) in [5.41, 5.74) is 6.07. The van der Waals surface area contributed by atoms with Crippen molar-refractivity contribution in [3.63, 3.8) is 0 Å². The molecule has 1 rings (SSSR count). The van der Waals surface area contributed by atoms with Crippen LogP contribution in [0.2, 0.25) is 5.02 Å². The Balaban J connectivity index is 2.69. The molecule has 0 aliphatic rings. The number of rotatable bonds is 8. The van der Waals surface area contributed by atoms with Crippen molar-refractivity contribution in [2.24, 2.45) is 5.73 Å². The zero-order chi connectivity index (χ0) is 15.1. The Morgan fingerprint density at radius 2 is 2.10 bits per heavy atom. The van der Waals surface area contributed by atoms with Crippen molar-refractivity contribution in [1.82, 2.24) is 10.2 Å². The lowest BCUT2D eigenvalue weighted by Gasteiger charge is -2.21. The Morgan fingerprint density at radius 3 is 2.60 bits per heavy atom. The maximum atomic E-state index is 11.6. The van der Waals surface area contributed by atoms with Crippen LogP contribution in [0.15, 0.2) is 18.2 Å². The minimum absolute atomic E-state index is 0.0122. The number of phenolic OH excluding ortho intramolecular Hbond substituents is 1. The Bertz CT molecular complexity index is 450. The maximum Gasteiger partial charge on any atom is 0.239 e. The lowest BCUT2D eigenvalue weighted by molar-refractivity contribution is -0.120. The summed E-state index contributed by atoms with van der Waals surface area (Å²) >= 11 is 5.85. The maximum absolute atomic E-state index is 11.6. The highest BCUT2D eigenvalue weighted by Gasteiger charge is 2.18. The Kier molecular flexibility index (Phi) is 6.78. The van der Waals surface area contributed by atoms with Gasteiger partial charge in [-0.2, -0.15) is 0 Å². The van der Waals surface area contributed by atoms with Crippen LogP contribution in [0.1, 0.15) is 25.5 Å². The molecule has 0 fully saturated rings. The van der Waals surface area contributed by atoms with Gasteiger partial charge in [0, 0.05) is 13.1 Å². The van der Waals surface area contributed by atoms with Crippen molar-refractivity contribution >= 4 is 17.5 Å². The number of phenols is 1. The average Bonchev–Trinajstić information content (AvgIpc) is 2.42. The molecule has 112 valence electrons. The molecule has 0 radical (unpaired) electrons. The Hall–Kier alpha value is -1.30. The van der Waals surface area contributed by atoms with Crippen LogP contribution in [-0.4, -0.2) is 42.1 Å². The number of hydrogen-bond donors (Lipinski definition) is 3. The molecule has 20 heavy (non-hydrogen) atoms. The predicted molar refractivity (Wildman–Crippen MR) is 80.8 cm³/mol. The van der Waals surface area contributed by atoms with E-state index in [9.17, 15) is 9.90 Å². The number of benzene rings is 1. The van der Waals surface area contributed by atoms with Gasteiger partial charge in [0.2, 0.25) is 5.91 Å². The molecule has 5 nitrogen and oxygen atoms in total. The number of carbonyl (C=O) groups is 1. The van der Waals surface area contributed by atoms with E-state index in [0.717, 1.165) is 19.6 Å². The first-order valence-corrected chi connectivity index (χ1v) is 7.10. The highest BCUT2D eigenvalue weighted by atomic mass is 35.5. The van der Waals surface area contributed by atoms with E-state index in [0.29, 0.717) is 12.1 Å². The van der Waals surface area contributed by atoms with Crippen molar-refractivity contribution in [1.29, 1.82) is 0 Å². The number of likely N-dealkylation sites (N-methyl/N-ethyl adjacent to an activating group) is 1. The first kappa shape index (κ1) is 16.8. The van der Waals surface area contributed by atoms with Gasteiger partial charge in [-0.15, -0.1) is 0 Å². The minimum Gasteiger partial charge on any atom is -0.506 e. The van der Waals surface area contributed by atoms with Gasteiger partial charge in [-0.3, -0.25) is 4.79 Å². The molecule has 0 aromatic heterocycles. The van der Waals surface area contributed by atoms with Gasteiger partial charge in [0.1, 0.15) is 11.8 Å². The van der Waals surface area contributed by atoms with Gasteiger partial charge in [0.25, 0.3) is 0 Å². The number of primary amides is 1. The second-order valence-electron chi connectivity index (χ2n) is 4.53. The fourth-order valence-corrected chi connectivity index (χ4v) is 2.18. The summed E-state index contributed by atoms with van der Waals surface area (Å²) in [5, 5.41) is 12.7. The zero-order valence-corrected chi connectivity index (χ0v) is 12.7. The number of carbonyl (C=O) groups excluding carboxylic acids is 1. The van der Waals surface area contributed by atoms with Crippen LogP contribution >= 0.6 is 11.6 Å². The van der Waals surface area contributed by atoms with Crippen LogP contribution in [-0.2, 0) is 4.79 Å². The number of nitrogens with zero attached hydrogens (tertiary/aromatic N) is 1. The van der Waals surface area contributed by atoms with Crippen LogP contribution in [0.25, 0.3) is 0 Å². The predicted octanol–water partition coefficient (Wildman–Crippen LogP) is 1.50. The molecule has 0 bridgehead atoms. The Labute approximate surface area is 124 Å². The van der Waals surface area contributed by atoms with Gasteiger partial charge in [0.05, 0.1) is 5.02 Å². The monoisotopic (exact) mass is 299 g/mol. The lowest BCUT2D eigenvalue weighted by atomic mass is 10.1. The second-order valence-corrected chi connectivity index (χ2v) is 4.93. The number of nitrogens with two attached hydrogens (primary N) is 1. The van der Waals surface area contributed by atoms with Crippen molar-refractivity contribution in [2.75, 3.05) is 26.2 Å². The topological polar surface area (TPSA) is 78.6 Å². The summed E-state index contributed by atoms with van der Waals surface area (Å²) in [6, 6.07) is 4.04. The summed E-state index contributed by atoms with van der Waals surface area (Å²) < 4.78 is 0. The molecule has 0 saturated carbocycles. The molecule has 1 unspecified atom stereocenters. The minimum atomic E-state index is -0.608. The van der Waals surface area contributed by atoms with Crippen LogP contribution in [0.4, 0.5) is 0 Å². The summed E-state index contributed by atoms with van der Waals surface area (Å²) in [6.07, 6.45) is 0. The van der Waals surface area contributed by atoms with E-state index < -0.39 is 11.9 Å². The number of aromatic hydroxyl groups is 1. The molecule has 1 amide bonds. The smallest absolute Gasteiger partial charge is 0.239 e. The van der Waals surface area contributed by atoms with Crippen LogP contribution < -0.4 is 11.1 Å². The van der Waals surface area contributed by atoms with Crippen LogP contribution in [0, 0.1) is 0 Å². The van der Waals surface area contributed by atoms with Crippen molar-refractivity contribution in [2.45, 2.75) is 19.9 Å². The summed E-state index contributed by atoms with van der Waals surface area (Å²) in [7, 11) is 0. The fraction of sp³-hybridized carbons (Fsp3) is 0.500. The fourth-order valence-electron chi connectivity index (χ4n) is 1.99. The molecular weight excluding hydrogens is 278 g/mol. The number of hydrogen-bond acceptors (Lipinski definition) is 4. The van der Waals surface area contributed by atoms with E-state index in [1.165, 1.54) is 6.07 Å². The average molecular weight is 300 g/mol. The molecule has 0 aliphatic carbocycles. The van der Waals surface area contributed by atoms with E-state index >= 15 is 0 Å². The van der Waals surface area contributed by atoms with Gasteiger partial charge in [0.15, 0.2) is 0 Å². The number of halogens is 1. The molecule has 1 atom stereocenters. The molecule has 0 heterocycles. The molecular formula is C14H22ClN3O2. The van der Waals surface area contributed by atoms with E-state index in [1.54, 1.807) is 12.1 Å². The molecule has 1 aromatic carbocycles. The molecule has 0 saturated heterocycles. The summed E-state index contributed by atoms with van der Waals surface area (Å²) in [6.45, 7) is 7.59. The summed E-state index contributed by atoms with van der Waals surface area (Å²) in [5.74, 6) is -0.479. The van der Waals surface area contributed by atoms with Gasteiger partial charge in [-0.1, -0.05) is 31.5 Å². The van der Waals surface area contributed by atoms with Gasteiger partial charge >= 0.3 is 0 Å². The number of amides is 1. The van der Waals surface area contributed by atoms with Gasteiger partial charge in [-0.25, -0.2) is 0 Å². The third-order valence-corrected chi connectivity index (χ3v) is 3.56. The molecule has 0 aliphatic heterocycles. The van der Waals surface area contributed by atoms with E-state index in [1.807, 2.05) is 0 Å². The quantitative estimate of drug-likeness (QED) is 0.680. The Morgan fingerprint density at radius 1 is 1.45 bits per heavy atom. The van der Waals surface area contributed by atoms with Crippen molar-refractivity contribution in [3.05, 3.63) is 28.8 Å². The SMILES string of the molecule is CCN(CC)CCNC(C(N)=O)c1ccc(O)c(Cl)c1. The molecule has 1 aromatic rings. The highest BCUT2D eigenvalue weighted by Crippen LogP contribution is 2.26. The lowest BCUT2D eigenvalue weighted by Crippen LogP contribution is -2.38. The van der Waals surface area contributed by atoms with Gasteiger partial charge in [-0.05, 0) is 30.8 Å². The summed E-state index contributed by atoms with van der Waals surface area (Å²) in [4.78, 5) is 13.8. The second kappa shape index (κ2) is 8.09. The van der Waals surface area contributed by atoms with Crippen LogP contribution in [0.5, 0.6) is 5.75 Å². The molecule has 0 spiro atoms. The zero-order valence-electron chi connectivity index (χ0n) is 11.9. The first-order chi connectivity index (χ1) is 9.49. The van der Waals surface area contributed by atoms with Gasteiger partial charge < -0.3 is 21.1 Å². The number of nitrogens with one attached hydrogen (secondary N) is 1. The van der Waals surface area contributed by atoms with E-state index in [2.05, 4.69) is 24.1 Å².